The average Bonchev–Trinajstić information content (AvgIpc) is 3.06. The summed E-state index contributed by atoms with van der Waals surface area (Å²) < 4.78 is 15.8. The van der Waals surface area contributed by atoms with E-state index in [1.807, 2.05) is 72.8 Å². The van der Waals surface area contributed by atoms with E-state index >= 15 is 0 Å². The fraction of sp³-hybridized carbons (Fsp3) is 0. The number of halogens is 1. The van der Waals surface area contributed by atoms with Crippen molar-refractivity contribution in [2.75, 3.05) is 5.43 Å². The second kappa shape index (κ2) is 10.8. The number of carbonyl (C=O) groups excluding carboxylic acids is 1. The van der Waals surface area contributed by atoms with Crippen LogP contribution < -0.4 is 11.0 Å². The highest BCUT2D eigenvalue weighted by molar-refractivity contribution is 6.02. The Morgan fingerprint density at radius 3 is 2.00 bits per heavy atom. The molecule has 7 rings (SSSR count). The Kier molecular flexibility index (Phi) is 6.52. The number of carbonyl (C=O) groups is 1. The molecule has 0 fully saturated rings. The van der Waals surface area contributed by atoms with Crippen LogP contribution in [0.5, 0.6) is 0 Å². The van der Waals surface area contributed by atoms with Crippen LogP contribution in [0.3, 0.4) is 0 Å². The molecule has 0 saturated carbocycles. The Hall–Kier alpha value is -5.95. The third-order valence-corrected chi connectivity index (χ3v) is 7.35. The number of hydrogen-bond acceptors (Lipinski definition) is 4. The molecule has 1 N–H and O–H groups in total. The van der Waals surface area contributed by atoms with E-state index in [2.05, 4.69) is 10.4 Å². The molecule has 1 amide bonds. The Morgan fingerprint density at radius 1 is 0.628 bits per heavy atom. The lowest BCUT2D eigenvalue weighted by atomic mass is 9.97. The van der Waals surface area contributed by atoms with Crippen LogP contribution in [0.4, 0.5) is 4.39 Å². The number of benzene rings is 5. The maximum absolute atomic E-state index is 14.8. The molecule has 5 aromatic carbocycles. The summed E-state index contributed by atoms with van der Waals surface area (Å²) in [6.45, 7) is 0. The van der Waals surface area contributed by atoms with Gasteiger partial charge in [-0.15, -0.1) is 0 Å². The van der Waals surface area contributed by atoms with Crippen molar-refractivity contribution in [1.82, 2.24) is 14.6 Å². The van der Waals surface area contributed by atoms with Gasteiger partial charge in [-0.25, -0.2) is 14.4 Å². The predicted octanol–water partition coefficient (Wildman–Crippen LogP) is 7.47. The lowest BCUT2D eigenvalue weighted by Crippen LogP contribution is -2.35. The van der Waals surface area contributed by atoms with E-state index in [1.54, 1.807) is 48.5 Å². The van der Waals surface area contributed by atoms with Crippen LogP contribution >= 0.6 is 0 Å². The summed E-state index contributed by atoms with van der Waals surface area (Å²) in [6.07, 6.45) is 0. The van der Waals surface area contributed by atoms with Crippen molar-refractivity contribution in [3.8, 4) is 33.8 Å². The molecule has 0 aliphatic rings. The molecular formula is C36H23FN4O2. The molecule has 0 atom stereocenters. The van der Waals surface area contributed by atoms with Gasteiger partial charge < -0.3 is 0 Å². The first-order chi connectivity index (χ1) is 21.1. The molecule has 206 valence electrons. The van der Waals surface area contributed by atoms with Gasteiger partial charge in [-0.3, -0.25) is 15.0 Å². The first-order valence-electron chi connectivity index (χ1n) is 13.7. The second-order valence-corrected chi connectivity index (χ2v) is 10.0. The maximum atomic E-state index is 14.8. The van der Waals surface area contributed by atoms with Crippen molar-refractivity contribution in [3.05, 3.63) is 155 Å². The number of para-hydroxylation sites is 2. The van der Waals surface area contributed by atoms with Crippen molar-refractivity contribution < 1.29 is 9.18 Å². The van der Waals surface area contributed by atoms with Gasteiger partial charge in [0.2, 0.25) is 0 Å². The summed E-state index contributed by atoms with van der Waals surface area (Å²) in [5.74, 6) is -1.09. The van der Waals surface area contributed by atoms with Crippen molar-refractivity contribution in [2.24, 2.45) is 0 Å². The number of hydrogen-bond donors (Lipinski definition) is 1. The van der Waals surface area contributed by atoms with Crippen LogP contribution in [0, 0.1) is 5.82 Å². The fourth-order valence-electron chi connectivity index (χ4n) is 5.20. The minimum absolute atomic E-state index is 0.00321. The number of nitrogens with one attached hydrogen (secondary N) is 1. The highest BCUT2D eigenvalue weighted by Crippen LogP contribution is 2.32. The number of pyridine rings is 1. The van der Waals surface area contributed by atoms with E-state index in [1.165, 1.54) is 12.1 Å². The van der Waals surface area contributed by atoms with E-state index in [0.29, 0.717) is 16.5 Å². The largest absolute Gasteiger partial charge is 0.280 e. The number of amides is 1. The normalized spacial score (nSPS) is 11.1. The minimum Gasteiger partial charge on any atom is -0.267 e. The van der Waals surface area contributed by atoms with Crippen LogP contribution in [0.25, 0.3) is 55.6 Å². The molecule has 0 unspecified atom stereocenters. The summed E-state index contributed by atoms with van der Waals surface area (Å²) in [5, 5.41) is 1.29. The molecular weight excluding hydrogens is 539 g/mol. The summed E-state index contributed by atoms with van der Waals surface area (Å²) in [6, 6.07) is 39.9. The van der Waals surface area contributed by atoms with Crippen LogP contribution in [-0.2, 0) is 0 Å². The summed E-state index contributed by atoms with van der Waals surface area (Å²) in [5.41, 5.74) is 7.58. The molecule has 2 heterocycles. The minimum atomic E-state index is -0.559. The van der Waals surface area contributed by atoms with Gasteiger partial charge in [0.05, 0.1) is 27.7 Å². The molecule has 2 aromatic heterocycles. The molecule has 6 nitrogen and oxygen atoms in total. The molecule has 0 aliphatic heterocycles. The van der Waals surface area contributed by atoms with Gasteiger partial charge in [-0.2, -0.15) is 4.68 Å². The molecule has 0 aliphatic carbocycles. The molecule has 43 heavy (non-hydrogen) atoms. The van der Waals surface area contributed by atoms with E-state index in [-0.39, 0.29) is 11.4 Å². The zero-order valence-electron chi connectivity index (χ0n) is 22.7. The lowest BCUT2D eigenvalue weighted by Gasteiger charge is -2.15. The van der Waals surface area contributed by atoms with Gasteiger partial charge in [0.15, 0.2) is 5.82 Å². The number of nitrogens with zero attached hydrogens (tertiary/aromatic N) is 3. The topological polar surface area (TPSA) is 76.9 Å². The Morgan fingerprint density at radius 2 is 1.26 bits per heavy atom. The van der Waals surface area contributed by atoms with Crippen LogP contribution in [-0.4, -0.2) is 20.6 Å². The number of aromatic nitrogens is 3. The smallest absolute Gasteiger partial charge is 0.267 e. The SMILES string of the molecule is O=C(Nn1c(-c2ccccc2F)nc2ccccc2c1=O)c1ccc(-c2cc(-c3ccccc3)nc3ccccc23)cc1. The zero-order valence-corrected chi connectivity index (χ0v) is 22.7. The van der Waals surface area contributed by atoms with Gasteiger partial charge >= 0.3 is 0 Å². The summed E-state index contributed by atoms with van der Waals surface area (Å²) >= 11 is 0. The van der Waals surface area contributed by atoms with Crippen LogP contribution in [0.1, 0.15) is 10.4 Å². The lowest BCUT2D eigenvalue weighted by molar-refractivity contribution is 0.101. The average molecular weight is 563 g/mol. The second-order valence-electron chi connectivity index (χ2n) is 10.0. The molecule has 7 heteroatoms. The third-order valence-electron chi connectivity index (χ3n) is 7.35. The molecule has 0 radical (unpaired) electrons. The highest BCUT2D eigenvalue weighted by atomic mass is 19.1. The molecule has 0 saturated heterocycles. The van der Waals surface area contributed by atoms with E-state index in [4.69, 9.17) is 4.98 Å². The predicted molar refractivity (Wildman–Crippen MR) is 168 cm³/mol. The third kappa shape index (κ3) is 4.83. The Labute approximate surface area is 245 Å². The van der Waals surface area contributed by atoms with Crippen LogP contribution in [0.2, 0.25) is 0 Å². The van der Waals surface area contributed by atoms with Gasteiger partial charge in [0.1, 0.15) is 5.82 Å². The van der Waals surface area contributed by atoms with E-state index in [0.717, 1.165) is 38.0 Å². The van der Waals surface area contributed by atoms with Gasteiger partial charge in [0.25, 0.3) is 11.5 Å². The van der Waals surface area contributed by atoms with Crippen molar-refractivity contribution >= 4 is 27.7 Å². The molecule has 0 spiro atoms. The Balaban J connectivity index is 1.27. The highest BCUT2D eigenvalue weighted by Gasteiger charge is 2.18. The Bertz CT molecular complexity index is 2210. The van der Waals surface area contributed by atoms with Gasteiger partial charge in [0, 0.05) is 16.5 Å². The van der Waals surface area contributed by atoms with Gasteiger partial charge in [-0.05, 0) is 59.7 Å². The van der Waals surface area contributed by atoms with Crippen molar-refractivity contribution in [2.45, 2.75) is 0 Å². The number of fused-ring (bicyclic) bond motifs is 2. The molecule has 0 bridgehead atoms. The molecule has 7 aromatic rings. The monoisotopic (exact) mass is 562 g/mol. The first kappa shape index (κ1) is 26.0. The first-order valence-corrected chi connectivity index (χ1v) is 13.7. The van der Waals surface area contributed by atoms with E-state index in [9.17, 15) is 14.0 Å². The zero-order chi connectivity index (χ0) is 29.3. The quantitative estimate of drug-likeness (QED) is 0.236. The number of rotatable bonds is 5. The van der Waals surface area contributed by atoms with E-state index < -0.39 is 17.3 Å². The standard InChI is InChI=1S/C36H23FN4O2/c37-30-15-7-4-13-27(30)34-39-32-17-9-6-14-28(32)36(43)41(34)40-35(42)25-20-18-23(19-21-25)29-22-33(24-10-2-1-3-11-24)38-31-16-8-5-12-26(29)31/h1-22H,(H,40,42). The van der Waals surface area contributed by atoms with Crippen molar-refractivity contribution in [3.63, 3.8) is 0 Å². The maximum Gasteiger partial charge on any atom is 0.280 e. The van der Waals surface area contributed by atoms with Crippen molar-refractivity contribution in [1.29, 1.82) is 0 Å². The van der Waals surface area contributed by atoms with Crippen LogP contribution in [0.15, 0.2) is 138 Å². The summed E-state index contributed by atoms with van der Waals surface area (Å²) in [7, 11) is 0. The fourth-order valence-corrected chi connectivity index (χ4v) is 5.20. The summed E-state index contributed by atoms with van der Waals surface area (Å²) in [4.78, 5) is 36.4. The van der Waals surface area contributed by atoms with Gasteiger partial charge in [-0.1, -0.05) is 84.9 Å².